The van der Waals surface area contributed by atoms with Crippen LogP contribution < -0.4 is 10.1 Å². The van der Waals surface area contributed by atoms with Crippen LogP contribution in [-0.4, -0.2) is 27.5 Å². The molecule has 1 aliphatic carbocycles. The zero-order valence-corrected chi connectivity index (χ0v) is 10.4. The monoisotopic (exact) mass is 252 g/mol. The van der Waals surface area contributed by atoms with E-state index in [-0.39, 0.29) is 29.3 Å². The van der Waals surface area contributed by atoms with E-state index in [4.69, 9.17) is 4.74 Å². The van der Waals surface area contributed by atoms with Crippen molar-refractivity contribution in [2.24, 2.45) is 5.92 Å². The number of rotatable bonds is 6. The molecule has 1 aliphatic rings. The standard InChI is InChI=1S/C11H16N4O3/c1-7(2)5-18-11-9(15(16)17)10(12-6-13-11)14-8-3-4-8/h6-8H,3-5H2,1-2H3,(H,12,13,14). The van der Waals surface area contributed by atoms with Crippen LogP contribution in [0.2, 0.25) is 0 Å². The molecule has 0 aromatic carbocycles. The summed E-state index contributed by atoms with van der Waals surface area (Å²) >= 11 is 0. The van der Waals surface area contributed by atoms with Crippen molar-refractivity contribution in [2.45, 2.75) is 32.7 Å². The minimum absolute atomic E-state index is 0.0341. The molecule has 0 aliphatic heterocycles. The van der Waals surface area contributed by atoms with Gasteiger partial charge in [-0.2, -0.15) is 4.98 Å². The molecule has 1 N–H and O–H groups in total. The van der Waals surface area contributed by atoms with E-state index in [1.807, 2.05) is 13.8 Å². The third kappa shape index (κ3) is 3.06. The van der Waals surface area contributed by atoms with Crippen LogP contribution in [0.15, 0.2) is 6.33 Å². The number of nitro groups is 1. The van der Waals surface area contributed by atoms with Gasteiger partial charge in [-0.05, 0) is 18.8 Å². The van der Waals surface area contributed by atoms with Gasteiger partial charge in [0.25, 0.3) is 5.88 Å². The molecule has 7 heteroatoms. The quantitative estimate of drug-likeness (QED) is 0.615. The molecular formula is C11H16N4O3. The Labute approximate surface area is 105 Å². The van der Waals surface area contributed by atoms with Gasteiger partial charge in [-0.25, -0.2) is 4.98 Å². The highest BCUT2D eigenvalue weighted by Gasteiger charge is 2.29. The Hall–Kier alpha value is -1.92. The molecule has 0 unspecified atom stereocenters. The maximum atomic E-state index is 11.1. The molecule has 2 rings (SSSR count). The fourth-order valence-electron chi connectivity index (χ4n) is 1.41. The van der Waals surface area contributed by atoms with E-state index in [9.17, 15) is 10.1 Å². The minimum atomic E-state index is -0.500. The van der Waals surface area contributed by atoms with Crippen LogP contribution in [-0.2, 0) is 0 Å². The van der Waals surface area contributed by atoms with Crippen LogP contribution in [0, 0.1) is 16.0 Å². The van der Waals surface area contributed by atoms with Crippen LogP contribution in [0.5, 0.6) is 5.88 Å². The van der Waals surface area contributed by atoms with Gasteiger partial charge < -0.3 is 10.1 Å². The average Bonchev–Trinajstić information content (AvgIpc) is 3.09. The van der Waals surface area contributed by atoms with Crippen molar-refractivity contribution in [2.75, 3.05) is 11.9 Å². The van der Waals surface area contributed by atoms with E-state index in [0.29, 0.717) is 6.61 Å². The van der Waals surface area contributed by atoms with E-state index < -0.39 is 4.92 Å². The number of ether oxygens (including phenoxy) is 1. The van der Waals surface area contributed by atoms with Crippen LogP contribution >= 0.6 is 0 Å². The second-order valence-corrected chi connectivity index (χ2v) is 4.76. The Kier molecular flexibility index (Phi) is 3.59. The number of hydrogen-bond acceptors (Lipinski definition) is 6. The topological polar surface area (TPSA) is 90.2 Å². The van der Waals surface area contributed by atoms with Gasteiger partial charge in [-0.15, -0.1) is 0 Å². The van der Waals surface area contributed by atoms with Crippen LogP contribution in [0.3, 0.4) is 0 Å². The van der Waals surface area contributed by atoms with Gasteiger partial charge in [0.1, 0.15) is 6.33 Å². The normalized spacial score (nSPS) is 14.6. The fourth-order valence-corrected chi connectivity index (χ4v) is 1.41. The molecule has 0 amide bonds. The van der Waals surface area contributed by atoms with Gasteiger partial charge in [-0.3, -0.25) is 10.1 Å². The first-order valence-corrected chi connectivity index (χ1v) is 5.96. The predicted molar refractivity (Wildman–Crippen MR) is 65.7 cm³/mol. The van der Waals surface area contributed by atoms with Crippen LogP contribution in [0.1, 0.15) is 26.7 Å². The highest BCUT2D eigenvalue weighted by molar-refractivity contribution is 5.61. The van der Waals surface area contributed by atoms with E-state index in [2.05, 4.69) is 15.3 Å². The summed E-state index contributed by atoms with van der Waals surface area (Å²) in [6.45, 7) is 4.33. The van der Waals surface area contributed by atoms with Gasteiger partial charge >= 0.3 is 5.69 Å². The smallest absolute Gasteiger partial charge is 0.372 e. The van der Waals surface area contributed by atoms with Crippen molar-refractivity contribution in [3.05, 3.63) is 16.4 Å². The summed E-state index contributed by atoms with van der Waals surface area (Å²) in [5.41, 5.74) is -0.176. The summed E-state index contributed by atoms with van der Waals surface area (Å²) in [7, 11) is 0. The summed E-state index contributed by atoms with van der Waals surface area (Å²) < 4.78 is 5.37. The molecule has 7 nitrogen and oxygen atoms in total. The highest BCUT2D eigenvalue weighted by Crippen LogP contribution is 2.34. The van der Waals surface area contributed by atoms with E-state index in [1.165, 1.54) is 6.33 Å². The van der Waals surface area contributed by atoms with Crippen molar-refractivity contribution in [3.63, 3.8) is 0 Å². The number of nitrogens with zero attached hydrogens (tertiary/aromatic N) is 3. The second kappa shape index (κ2) is 5.16. The second-order valence-electron chi connectivity index (χ2n) is 4.76. The third-order valence-corrected chi connectivity index (χ3v) is 2.44. The molecule has 18 heavy (non-hydrogen) atoms. The van der Waals surface area contributed by atoms with E-state index >= 15 is 0 Å². The maximum Gasteiger partial charge on any atom is 0.372 e. The van der Waals surface area contributed by atoms with Gasteiger partial charge in [0.05, 0.1) is 11.5 Å². The number of anilines is 1. The lowest BCUT2D eigenvalue weighted by Crippen LogP contribution is -2.11. The lowest BCUT2D eigenvalue weighted by molar-refractivity contribution is -0.385. The molecule has 1 aromatic rings. The first kappa shape index (κ1) is 12.5. The first-order valence-electron chi connectivity index (χ1n) is 5.96. The molecule has 1 fully saturated rings. The Morgan fingerprint density at radius 3 is 2.83 bits per heavy atom. The third-order valence-electron chi connectivity index (χ3n) is 2.44. The van der Waals surface area contributed by atoms with E-state index in [0.717, 1.165) is 12.8 Å². The molecule has 0 spiro atoms. The van der Waals surface area contributed by atoms with Crippen molar-refractivity contribution in [1.29, 1.82) is 0 Å². The Morgan fingerprint density at radius 1 is 1.56 bits per heavy atom. The fraction of sp³-hybridized carbons (Fsp3) is 0.636. The van der Waals surface area contributed by atoms with Crippen molar-refractivity contribution in [1.82, 2.24) is 9.97 Å². The molecule has 98 valence electrons. The van der Waals surface area contributed by atoms with Gasteiger partial charge in [-0.1, -0.05) is 13.8 Å². The highest BCUT2D eigenvalue weighted by atomic mass is 16.6. The largest absolute Gasteiger partial charge is 0.472 e. The lowest BCUT2D eigenvalue weighted by atomic mass is 10.2. The molecule has 0 atom stereocenters. The summed E-state index contributed by atoms with van der Waals surface area (Å²) in [5.74, 6) is 0.558. The molecule has 0 saturated heterocycles. The predicted octanol–water partition coefficient (Wildman–Crippen LogP) is 1.99. The van der Waals surface area contributed by atoms with Crippen molar-refractivity contribution < 1.29 is 9.66 Å². The molecule has 0 bridgehead atoms. The molecule has 1 saturated carbocycles. The minimum Gasteiger partial charge on any atom is -0.472 e. The lowest BCUT2D eigenvalue weighted by Gasteiger charge is -2.10. The van der Waals surface area contributed by atoms with Gasteiger partial charge in [0.15, 0.2) is 0 Å². The number of nitrogens with one attached hydrogen (secondary N) is 1. The average molecular weight is 252 g/mol. The SMILES string of the molecule is CC(C)COc1ncnc(NC2CC2)c1[N+](=O)[O-]. The number of aromatic nitrogens is 2. The molecule has 1 heterocycles. The molecular weight excluding hydrogens is 236 g/mol. The molecule has 0 radical (unpaired) electrons. The van der Waals surface area contributed by atoms with Crippen molar-refractivity contribution in [3.8, 4) is 5.88 Å². The zero-order chi connectivity index (χ0) is 13.1. The summed E-state index contributed by atoms with van der Waals surface area (Å²) in [5, 5.41) is 14.1. The van der Waals surface area contributed by atoms with Crippen LogP contribution in [0.25, 0.3) is 0 Å². The maximum absolute atomic E-state index is 11.1. The van der Waals surface area contributed by atoms with E-state index in [1.54, 1.807) is 0 Å². The van der Waals surface area contributed by atoms with Gasteiger partial charge in [0.2, 0.25) is 5.82 Å². The van der Waals surface area contributed by atoms with Gasteiger partial charge in [0, 0.05) is 6.04 Å². The summed E-state index contributed by atoms with van der Waals surface area (Å²) in [6.07, 6.45) is 3.32. The molecule has 1 aromatic heterocycles. The summed E-state index contributed by atoms with van der Waals surface area (Å²) in [6, 6.07) is 0.288. The first-order chi connectivity index (χ1) is 8.58. The Bertz CT molecular complexity index is 446. The van der Waals surface area contributed by atoms with Crippen molar-refractivity contribution >= 4 is 11.5 Å². The Balaban J connectivity index is 2.23. The Morgan fingerprint density at radius 2 is 2.28 bits per heavy atom. The van der Waals surface area contributed by atoms with Crippen LogP contribution in [0.4, 0.5) is 11.5 Å². The number of hydrogen-bond donors (Lipinski definition) is 1. The summed E-state index contributed by atoms with van der Waals surface area (Å²) in [4.78, 5) is 18.4. The zero-order valence-electron chi connectivity index (χ0n) is 10.4.